The molecule has 0 saturated heterocycles. The first-order chi connectivity index (χ1) is 5.36. The number of halogens is 3. The van der Waals surface area contributed by atoms with Crippen molar-refractivity contribution in [3.8, 4) is 0 Å². The zero-order valence-corrected chi connectivity index (χ0v) is 9.64. The molecule has 0 N–H and O–H groups in total. The Kier molecular flexibility index (Phi) is 5.78. The lowest BCUT2D eigenvalue weighted by atomic mass is 9.92. The van der Waals surface area contributed by atoms with Crippen molar-refractivity contribution in [2.45, 2.75) is 25.7 Å². The van der Waals surface area contributed by atoms with Crippen LogP contribution in [0, 0.1) is 0 Å². The maximum absolute atomic E-state index is 5.88. The van der Waals surface area contributed by atoms with Gasteiger partial charge in [0.15, 0.2) is 0 Å². The Morgan fingerprint density at radius 1 is 0.923 bits per heavy atom. The largest absolute Gasteiger partial charge is 0.147 e. The fourth-order valence-corrected chi connectivity index (χ4v) is 1.90. The average molecular weight is 240 g/mol. The summed E-state index contributed by atoms with van der Waals surface area (Å²) in [6.45, 7) is 0. The zero-order valence-electron chi connectivity index (χ0n) is 7.25. The summed E-state index contributed by atoms with van der Waals surface area (Å²) in [7, 11) is 0. The Bertz CT molecular complexity index is 271. The van der Waals surface area contributed by atoms with Gasteiger partial charge in [0.25, 0.3) is 0 Å². The Labute approximate surface area is 96.5 Å². The second-order valence-corrected chi connectivity index (χ2v) is 3.56. The van der Waals surface area contributed by atoms with Crippen LogP contribution in [-0.2, 0) is 12.8 Å². The fourth-order valence-electron chi connectivity index (χ4n) is 1.70. The molecule has 0 saturated carbocycles. The number of fused-ring (bicyclic) bond motifs is 1. The molecule has 1 aliphatic carbocycles. The van der Waals surface area contributed by atoms with Crippen LogP contribution in [0.1, 0.15) is 24.0 Å². The summed E-state index contributed by atoms with van der Waals surface area (Å²) in [6, 6.07) is 6.26. The van der Waals surface area contributed by atoms with Crippen LogP contribution in [0.5, 0.6) is 0 Å². The van der Waals surface area contributed by atoms with Crippen LogP contribution >= 0.6 is 36.4 Å². The number of benzene rings is 1. The first kappa shape index (κ1) is 13.1. The van der Waals surface area contributed by atoms with Crippen LogP contribution in [0.2, 0.25) is 5.02 Å². The lowest BCUT2D eigenvalue weighted by Crippen LogP contribution is -2.01. The zero-order chi connectivity index (χ0) is 7.68. The highest BCUT2D eigenvalue weighted by Gasteiger charge is 2.07. The summed E-state index contributed by atoms with van der Waals surface area (Å²) < 4.78 is 0. The highest BCUT2D eigenvalue weighted by atomic mass is 35.5. The molecular weight excluding hydrogens is 226 g/mol. The predicted octanol–water partition coefficient (Wildman–Crippen LogP) is 4.06. The number of hydrogen-bond donors (Lipinski definition) is 0. The van der Waals surface area contributed by atoms with E-state index in [9.17, 15) is 0 Å². The van der Waals surface area contributed by atoms with Crippen LogP contribution in [0.25, 0.3) is 0 Å². The lowest BCUT2D eigenvalue weighted by Gasteiger charge is -2.14. The van der Waals surface area contributed by atoms with E-state index in [1.165, 1.54) is 36.8 Å². The van der Waals surface area contributed by atoms with Crippen LogP contribution in [0.3, 0.4) is 0 Å². The first-order valence-electron chi connectivity index (χ1n) is 4.13. The van der Waals surface area contributed by atoms with E-state index < -0.39 is 0 Å². The highest BCUT2D eigenvalue weighted by molar-refractivity contribution is 6.30. The van der Waals surface area contributed by atoms with Gasteiger partial charge in [-0.05, 0) is 48.9 Å². The number of aryl methyl sites for hydroxylation is 2. The van der Waals surface area contributed by atoms with Gasteiger partial charge in [-0.3, -0.25) is 0 Å². The molecule has 0 atom stereocenters. The van der Waals surface area contributed by atoms with Gasteiger partial charge in [0.1, 0.15) is 0 Å². The summed E-state index contributed by atoms with van der Waals surface area (Å²) in [5.41, 5.74) is 2.96. The van der Waals surface area contributed by atoms with Crippen LogP contribution < -0.4 is 0 Å². The topological polar surface area (TPSA) is 0 Å². The monoisotopic (exact) mass is 238 g/mol. The molecule has 0 nitrogen and oxygen atoms in total. The molecule has 0 aliphatic heterocycles. The molecule has 2 rings (SSSR count). The van der Waals surface area contributed by atoms with E-state index in [0.29, 0.717) is 0 Å². The third-order valence-electron chi connectivity index (χ3n) is 2.31. The molecule has 3 heteroatoms. The Hall–Kier alpha value is 0.0900. The normalized spacial score (nSPS) is 13.6. The molecule has 1 aromatic rings. The third-order valence-corrected chi connectivity index (χ3v) is 2.55. The van der Waals surface area contributed by atoms with Gasteiger partial charge in [0.2, 0.25) is 0 Å². The van der Waals surface area contributed by atoms with Crippen LogP contribution in [-0.4, -0.2) is 0 Å². The Morgan fingerprint density at radius 2 is 1.54 bits per heavy atom. The fraction of sp³-hybridized carbons (Fsp3) is 0.400. The Morgan fingerprint density at radius 3 is 2.23 bits per heavy atom. The molecule has 13 heavy (non-hydrogen) atoms. The molecule has 0 unspecified atom stereocenters. The molecule has 0 fully saturated rings. The van der Waals surface area contributed by atoms with Crippen molar-refractivity contribution in [3.05, 3.63) is 34.3 Å². The smallest absolute Gasteiger partial charge is 0.0408 e. The van der Waals surface area contributed by atoms with E-state index in [4.69, 9.17) is 11.6 Å². The van der Waals surface area contributed by atoms with E-state index in [2.05, 4.69) is 12.1 Å². The molecule has 0 amide bonds. The molecule has 0 radical (unpaired) electrons. The van der Waals surface area contributed by atoms with Gasteiger partial charge in [0.05, 0.1) is 0 Å². The molecule has 0 heterocycles. The molecule has 74 valence electrons. The maximum Gasteiger partial charge on any atom is 0.0408 e. The molecule has 0 spiro atoms. The van der Waals surface area contributed by atoms with E-state index in [0.717, 1.165) is 5.02 Å². The number of rotatable bonds is 0. The minimum absolute atomic E-state index is 0. The summed E-state index contributed by atoms with van der Waals surface area (Å²) in [5.74, 6) is 0. The van der Waals surface area contributed by atoms with E-state index in [-0.39, 0.29) is 24.8 Å². The minimum Gasteiger partial charge on any atom is -0.147 e. The molecular formula is C10H13Cl3. The molecule has 0 bridgehead atoms. The van der Waals surface area contributed by atoms with Gasteiger partial charge in [-0.2, -0.15) is 0 Å². The van der Waals surface area contributed by atoms with Crippen molar-refractivity contribution in [1.82, 2.24) is 0 Å². The highest BCUT2D eigenvalue weighted by Crippen LogP contribution is 2.23. The van der Waals surface area contributed by atoms with E-state index in [1.807, 2.05) is 6.07 Å². The summed E-state index contributed by atoms with van der Waals surface area (Å²) in [5, 5.41) is 0.880. The van der Waals surface area contributed by atoms with Gasteiger partial charge < -0.3 is 0 Å². The van der Waals surface area contributed by atoms with E-state index >= 15 is 0 Å². The van der Waals surface area contributed by atoms with Crippen molar-refractivity contribution in [2.24, 2.45) is 0 Å². The van der Waals surface area contributed by atoms with Crippen molar-refractivity contribution in [3.63, 3.8) is 0 Å². The third kappa shape index (κ3) is 3.05. The molecule has 1 aliphatic rings. The SMILES string of the molecule is Cl.Cl.Clc1ccc2c(c1)CCCC2. The minimum atomic E-state index is 0. The van der Waals surface area contributed by atoms with Gasteiger partial charge in [-0.15, -0.1) is 24.8 Å². The maximum atomic E-state index is 5.88. The van der Waals surface area contributed by atoms with Crippen molar-refractivity contribution in [2.75, 3.05) is 0 Å². The van der Waals surface area contributed by atoms with Gasteiger partial charge in [0, 0.05) is 5.02 Å². The average Bonchev–Trinajstić information content (AvgIpc) is 2.04. The predicted molar refractivity (Wildman–Crippen MR) is 62.6 cm³/mol. The standard InChI is InChI=1S/C10H11Cl.2ClH/c11-10-6-5-8-3-1-2-4-9(8)7-10;;/h5-7H,1-4H2;2*1H. The molecule has 0 aromatic heterocycles. The van der Waals surface area contributed by atoms with Crippen molar-refractivity contribution >= 4 is 36.4 Å². The molecule has 1 aromatic carbocycles. The van der Waals surface area contributed by atoms with Crippen LogP contribution in [0.15, 0.2) is 18.2 Å². The second kappa shape index (κ2) is 5.74. The van der Waals surface area contributed by atoms with Crippen molar-refractivity contribution < 1.29 is 0 Å². The Balaban J connectivity index is 0.000000720. The van der Waals surface area contributed by atoms with Crippen LogP contribution in [0.4, 0.5) is 0 Å². The van der Waals surface area contributed by atoms with Gasteiger partial charge in [-0.1, -0.05) is 17.7 Å². The van der Waals surface area contributed by atoms with Gasteiger partial charge >= 0.3 is 0 Å². The lowest BCUT2D eigenvalue weighted by molar-refractivity contribution is 0.685. The summed E-state index contributed by atoms with van der Waals surface area (Å²) in [6.07, 6.45) is 5.13. The number of hydrogen-bond acceptors (Lipinski definition) is 0. The van der Waals surface area contributed by atoms with Gasteiger partial charge in [-0.25, -0.2) is 0 Å². The summed E-state index contributed by atoms with van der Waals surface area (Å²) in [4.78, 5) is 0. The first-order valence-corrected chi connectivity index (χ1v) is 4.51. The summed E-state index contributed by atoms with van der Waals surface area (Å²) >= 11 is 5.88. The quantitative estimate of drug-likeness (QED) is 0.640. The van der Waals surface area contributed by atoms with Crippen molar-refractivity contribution in [1.29, 1.82) is 0 Å². The van der Waals surface area contributed by atoms with E-state index in [1.54, 1.807) is 0 Å². The second-order valence-electron chi connectivity index (χ2n) is 3.12.